The van der Waals surface area contributed by atoms with Crippen molar-refractivity contribution in [2.75, 3.05) is 7.05 Å². The zero-order valence-corrected chi connectivity index (χ0v) is 11.9. The average molecular weight is 272 g/mol. The molecule has 1 aliphatic heterocycles. The molecule has 2 amide bonds. The van der Waals surface area contributed by atoms with Crippen molar-refractivity contribution < 1.29 is 9.59 Å². The number of rotatable bonds is 3. The van der Waals surface area contributed by atoms with E-state index in [9.17, 15) is 9.59 Å². The predicted octanol–water partition coefficient (Wildman–Crippen LogP) is 1.59. The molecule has 1 N–H and O–H groups in total. The third-order valence-corrected chi connectivity index (χ3v) is 4.47. The fourth-order valence-corrected chi connectivity index (χ4v) is 3.12. The average Bonchev–Trinajstić information content (AvgIpc) is 2.61. The summed E-state index contributed by atoms with van der Waals surface area (Å²) < 4.78 is 0. The third-order valence-electron chi connectivity index (χ3n) is 4.47. The lowest BCUT2D eigenvalue weighted by molar-refractivity contribution is -0.137. The Hall–Kier alpha value is -1.68. The van der Waals surface area contributed by atoms with Crippen molar-refractivity contribution in [2.45, 2.75) is 44.2 Å². The van der Waals surface area contributed by atoms with Crippen molar-refractivity contribution in [1.82, 2.24) is 10.2 Å². The van der Waals surface area contributed by atoms with E-state index >= 15 is 0 Å². The lowest BCUT2D eigenvalue weighted by Crippen LogP contribution is -2.48. The van der Waals surface area contributed by atoms with E-state index in [1.807, 2.05) is 0 Å². The highest BCUT2D eigenvalue weighted by Crippen LogP contribution is 2.37. The van der Waals surface area contributed by atoms with Crippen LogP contribution in [0.3, 0.4) is 0 Å². The Bertz CT molecular complexity index is 549. The highest BCUT2D eigenvalue weighted by atomic mass is 16.2. The standard InChI is InChI=1S/C16H20N2O2/c1-10-4-3-5-11(6-10)12-7-13(8-12)17-14-9-15(19)18(2)16(14)20/h3-6,12-14,17H,7-9H2,1-2H3. The maximum Gasteiger partial charge on any atom is 0.246 e. The van der Waals surface area contributed by atoms with Crippen LogP contribution >= 0.6 is 0 Å². The summed E-state index contributed by atoms with van der Waals surface area (Å²) in [6.07, 6.45) is 2.40. The lowest BCUT2D eigenvalue weighted by Gasteiger charge is -2.37. The monoisotopic (exact) mass is 272 g/mol. The molecule has 1 aliphatic carbocycles. The van der Waals surface area contributed by atoms with E-state index in [-0.39, 0.29) is 17.9 Å². The molecule has 1 aromatic carbocycles. The van der Waals surface area contributed by atoms with Crippen molar-refractivity contribution in [3.63, 3.8) is 0 Å². The Balaban J connectivity index is 1.54. The van der Waals surface area contributed by atoms with E-state index in [4.69, 9.17) is 0 Å². The van der Waals surface area contributed by atoms with Gasteiger partial charge in [0.15, 0.2) is 0 Å². The van der Waals surface area contributed by atoms with E-state index in [0.29, 0.717) is 18.4 Å². The molecule has 3 rings (SSSR count). The highest BCUT2D eigenvalue weighted by molar-refractivity contribution is 6.05. The predicted molar refractivity (Wildman–Crippen MR) is 76.3 cm³/mol. The summed E-state index contributed by atoms with van der Waals surface area (Å²) in [6, 6.07) is 8.66. The topological polar surface area (TPSA) is 49.4 Å². The molecule has 4 heteroatoms. The third kappa shape index (κ3) is 2.36. The molecule has 1 heterocycles. The van der Waals surface area contributed by atoms with Gasteiger partial charge in [-0.2, -0.15) is 0 Å². The van der Waals surface area contributed by atoms with Gasteiger partial charge in [0, 0.05) is 13.1 Å². The molecule has 1 atom stereocenters. The van der Waals surface area contributed by atoms with E-state index in [2.05, 4.69) is 36.5 Å². The van der Waals surface area contributed by atoms with Crippen molar-refractivity contribution in [1.29, 1.82) is 0 Å². The van der Waals surface area contributed by atoms with Crippen molar-refractivity contribution >= 4 is 11.8 Å². The molecule has 1 saturated carbocycles. The van der Waals surface area contributed by atoms with Crippen LogP contribution in [0.5, 0.6) is 0 Å². The molecule has 2 aliphatic rings. The van der Waals surface area contributed by atoms with Crippen LogP contribution in [0.2, 0.25) is 0 Å². The van der Waals surface area contributed by atoms with Crippen molar-refractivity contribution in [2.24, 2.45) is 0 Å². The maximum atomic E-state index is 11.8. The van der Waals surface area contributed by atoms with Gasteiger partial charge >= 0.3 is 0 Å². The number of hydrogen-bond donors (Lipinski definition) is 1. The fraction of sp³-hybridized carbons (Fsp3) is 0.500. The number of imide groups is 1. The first-order chi connectivity index (χ1) is 9.54. The Kier molecular flexibility index (Phi) is 3.34. The second-order valence-electron chi connectivity index (χ2n) is 5.99. The van der Waals surface area contributed by atoms with Crippen LogP contribution in [0.15, 0.2) is 24.3 Å². The minimum Gasteiger partial charge on any atom is -0.303 e. The van der Waals surface area contributed by atoms with Crippen LogP contribution in [0.25, 0.3) is 0 Å². The van der Waals surface area contributed by atoms with Crippen LogP contribution in [-0.2, 0) is 9.59 Å². The van der Waals surface area contributed by atoms with Gasteiger partial charge in [0.25, 0.3) is 0 Å². The number of benzene rings is 1. The molecule has 20 heavy (non-hydrogen) atoms. The fourth-order valence-electron chi connectivity index (χ4n) is 3.12. The van der Waals surface area contributed by atoms with Crippen molar-refractivity contribution in [3.05, 3.63) is 35.4 Å². The molecular weight excluding hydrogens is 252 g/mol. The number of carbonyl (C=O) groups is 2. The van der Waals surface area contributed by atoms with E-state index in [1.54, 1.807) is 7.05 Å². The molecule has 1 aromatic rings. The van der Waals surface area contributed by atoms with Gasteiger partial charge in [-0.05, 0) is 31.2 Å². The van der Waals surface area contributed by atoms with Crippen LogP contribution in [0.1, 0.15) is 36.3 Å². The minimum absolute atomic E-state index is 0.0814. The van der Waals surface area contributed by atoms with Crippen LogP contribution in [0, 0.1) is 6.92 Å². The summed E-state index contributed by atoms with van der Waals surface area (Å²) in [5.41, 5.74) is 2.67. The maximum absolute atomic E-state index is 11.8. The number of amides is 2. The molecule has 0 spiro atoms. The van der Waals surface area contributed by atoms with Gasteiger partial charge in [0.05, 0.1) is 12.5 Å². The number of carbonyl (C=O) groups excluding carboxylic acids is 2. The molecule has 2 fully saturated rings. The van der Waals surface area contributed by atoms with Gasteiger partial charge < -0.3 is 5.32 Å². The molecule has 0 radical (unpaired) electrons. The van der Waals surface area contributed by atoms with Crippen LogP contribution < -0.4 is 5.32 Å². The first-order valence-electron chi connectivity index (χ1n) is 7.17. The summed E-state index contributed by atoms with van der Waals surface area (Å²) in [6.45, 7) is 2.11. The Morgan fingerprint density at radius 1 is 1.25 bits per heavy atom. The Morgan fingerprint density at radius 3 is 2.60 bits per heavy atom. The molecule has 0 bridgehead atoms. The minimum atomic E-state index is -0.309. The van der Waals surface area contributed by atoms with Gasteiger partial charge in [-0.15, -0.1) is 0 Å². The Labute approximate surface area is 119 Å². The number of nitrogens with one attached hydrogen (secondary N) is 1. The normalized spacial score (nSPS) is 29.7. The largest absolute Gasteiger partial charge is 0.303 e. The first-order valence-corrected chi connectivity index (χ1v) is 7.17. The molecule has 1 saturated heterocycles. The number of aryl methyl sites for hydroxylation is 1. The number of likely N-dealkylation sites (tertiary alicyclic amines) is 1. The van der Waals surface area contributed by atoms with E-state index in [1.165, 1.54) is 16.0 Å². The zero-order chi connectivity index (χ0) is 14.3. The second kappa shape index (κ2) is 5.02. The number of hydrogen-bond acceptors (Lipinski definition) is 3. The van der Waals surface area contributed by atoms with Crippen LogP contribution in [-0.4, -0.2) is 35.8 Å². The molecule has 0 aromatic heterocycles. The molecule has 4 nitrogen and oxygen atoms in total. The van der Waals surface area contributed by atoms with Gasteiger partial charge in [0.1, 0.15) is 0 Å². The summed E-state index contributed by atoms with van der Waals surface area (Å²) in [5.74, 6) is 0.411. The first kappa shape index (κ1) is 13.3. The number of likely N-dealkylation sites (N-methyl/N-ethyl adjacent to an activating group) is 1. The summed E-state index contributed by atoms with van der Waals surface area (Å²) in [5, 5.41) is 3.33. The zero-order valence-electron chi connectivity index (χ0n) is 11.9. The SMILES string of the molecule is Cc1cccc(C2CC(NC3CC(=O)N(C)C3=O)C2)c1. The van der Waals surface area contributed by atoms with E-state index in [0.717, 1.165) is 12.8 Å². The summed E-state index contributed by atoms with van der Waals surface area (Å²) in [4.78, 5) is 24.5. The Morgan fingerprint density at radius 2 is 2.00 bits per heavy atom. The quantitative estimate of drug-likeness (QED) is 0.850. The lowest BCUT2D eigenvalue weighted by atomic mass is 9.75. The number of nitrogens with zero attached hydrogens (tertiary/aromatic N) is 1. The van der Waals surface area contributed by atoms with Gasteiger partial charge in [-0.1, -0.05) is 29.8 Å². The van der Waals surface area contributed by atoms with Gasteiger partial charge in [-0.25, -0.2) is 0 Å². The smallest absolute Gasteiger partial charge is 0.246 e. The summed E-state index contributed by atoms with van der Waals surface area (Å²) in [7, 11) is 1.56. The summed E-state index contributed by atoms with van der Waals surface area (Å²) >= 11 is 0. The molecule has 106 valence electrons. The van der Waals surface area contributed by atoms with Crippen LogP contribution in [0.4, 0.5) is 0 Å². The molecule has 1 unspecified atom stereocenters. The van der Waals surface area contributed by atoms with E-state index < -0.39 is 0 Å². The van der Waals surface area contributed by atoms with Gasteiger partial charge in [-0.3, -0.25) is 14.5 Å². The second-order valence-corrected chi connectivity index (χ2v) is 5.99. The highest BCUT2D eigenvalue weighted by Gasteiger charge is 2.40. The van der Waals surface area contributed by atoms with Gasteiger partial charge in [0.2, 0.25) is 11.8 Å². The van der Waals surface area contributed by atoms with Crippen molar-refractivity contribution in [3.8, 4) is 0 Å². The molecular formula is C16H20N2O2.